The maximum Gasteiger partial charge on any atom is 0.137 e. The largest absolute Gasteiger partial charge is 0.377 e. The van der Waals surface area contributed by atoms with Crippen molar-refractivity contribution in [3.8, 4) is 0 Å². The SMILES string of the molecule is C1COCCOCCOCCOCCO1.CC(=O)CC(C)=O.[V]. The number of carbonyl (C=O) groups excluding carboxylic acids is 2. The molecule has 7 nitrogen and oxygen atoms in total. The summed E-state index contributed by atoms with van der Waals surface area (Å²) in [5, 5.41) is 0. The molecule has 0 unspecified atom stereocenters. The zero-order valence-corrected chi connectivity index (χ0v) is 15.5. The summed E-state index contributed by atoms with van der Waals surface area (Å²) in [6.07, 6.45) is 0.0833. The minimum Gasteiger partial charge on any atom is -0.377 e. The Balaban J connectivity index is 0. The monoisotopic (exact) mass is 371 g/mol. The molecule has 1 rings (SSSR count). The minimum atomic E-state index is -0.0625. The Morgan fingerprint density at radius 2 is 0.739 bits per heavy atom. The summed E-state index contributed by atoms with van der Waals surface area (Å²) >= 11 is 0. The van der Waals surface area contributed by atoms with Gasteiger partial charge in [-0.1, -0.05) is 0 Å². The third-order valence-corrected chi connectivity index (χ3v) is 2.36. The van der Waals surface area contributed by atoms with Crippen molar-refractivity contribution < 1.29 is 51.8 Å². The van der Waals surface area contributed by atoms with Crippen molar-refractivity contribution in [2.24, 2.45) is 0 Å². The fourth-order valence-corrected chi connectivity index (χ4v) is 1.45. The van der Waals surface area contributed by atoms with Gasteiger partial charge in [0.2, 0.25) is 0 Å². The Labute approximate surface area is 150 Å². The topological polar surface area (TPSA) is 80.3 Å². The zero-order valence-electron chi connectivity index (χ0n) is 14.1. The normalized spacial score (nSPS) is 18.2. The van der Waals surface area contributed by atoms with Gasteiger partial charge in [0.05, 0.1) is 72.5 Å². The number of ketones is 2. The standard InChI is InChI=1S/C10H20O5.C5H8O2.V/c1-2-12-5-6-14-9-10-15-8-7-13-4-3-11-1;1-4(6)3-5(2)7;/h1-10H2;3H2,1-2H3;. The van der Waals surface area contributed by atoms with Crippen molar-refractivity contribution in [1.29, 1.82) is 0 Å². The number of hydrogen-bond acceptors (Lipinski definition) is 7. The summed E-state index contributed by atoms with van der Waals surface area (Å²) in [6, 6.07) is 0. The van der Waals surface area contributed by atoms with Crippen LogP contribution in [0.1, 0.15) is 20.3 Å². The van der Waals surface area contributed by atoms with Crippen LogP contribution in [0, 0.1) is 0 Å². The Morgan fingerprint density at radius 1 is 0.565 bits per heavy atom. The van der Waals surface area contributed by atoms with E-state index in [0.29, 0.717) is 66.1 Å². The van der Waals surface area contributed by atoms with E-state index < -0.39 is 0 Å². The first kappa shape index (κ1) is 25.0. The van der Waals surface area contributed by atoms with Crippen LogP contribution >= 0.6 is 0 Å². The zero-order chi connectivity index (χ0) is 16.5. The predicted molar refractivity (Wildman–Crippen MR) is 80.1 cm³/mol. The molecule has 0 aromatic heterocycles. The van der Waals surface area contributed by atoms with Gasteiger partial charge >= 0.3 is 0 Å². The second-order valence-corrected chi connectivity index (χ2v) is 4.64. The number of hydrogen-bond donors (Lipinski definition) is 0. The van der Waals surface area contributed by atoms with Crippen molar-refractivity contribution in [3.63, 3.8) is 0 Å². The molecular formula is C15H28O7V. The van der Waals surface area contributed by atoms with Crippen LogP contribution in [0.3, 0.4) is 0 Å². The van der Waals surface area contributed by atoms with E-state index >= 15 is 0 Å². The summed E-state index contributed by atoms with van der Waals surface area (Å²) < 4.78 is 26.4. The van der Waals surface area contributed by atoms with Gasteiger partial charge in [-0.3, -0.25) is 9.59 Å². The average molecular weight is 371 g/mol. The van der Waals surface area contributed by atoms with E-state index in [1.807, 2.05) is 0 Å². The Morgan fingerprint density at radius 3 is 0.826 bits per heavy atom. The van der Waals surface area contributed by atoms with Gasteiger partial charge in [-0.25, -0.2) is 0 Å². The molecule has 1 radical (unpaired) electrons. The quantitative estimate of drug-likeness (QED) is 0.659. The van der Waals surface area contributed by atoms with Crippen LogP contribution in [0.4, 0.5) is 0 Å². The summed E-state index contributed by atoms with van der Waals surface area (Å²) in [4.78, 5) is 20.1. The van der Waals surface area contributed by atoms with Crippen LogP contribution in [-0.2, 0) is 51.8 Å². The molecule has 0 spiro atoms. The number of carbonyl (C=O) groups is 2. The summed E-state index contributed by atoms with van der Waals surface area (Å²) in [6.45, 7) is 8.92. The van der Waals surface area contributed by atoms with Gasteiger partial charge in [-0.2, -0.15) is 0 Å². The Kier molecular flexibility index (Phi) is 21.5. The Hall–Kier alpha value is -0.276. The van der Waals surface area contributed by atoms with Crippen molar-refractivity contribution in [2.75, 3.05) is 66.1 Å². The maximum absolute atomic E-state index is 10.0. The number of Topliss-reactive ketones (excluding diaryl/α,β-unsaturated/α-hetero) is 2. The maximum atomic E-state index is 10.0. The molecule has 1 heterocycles. The molecule has 135 valence electrons. The number of rotatable bonds is 2. The molecule has 23 heavy (non-hydrogen) atoms. The van der Waals surface area contributed by atoms with Gasteiger partial charge in [-0.05, 0) is 13.8 Å². The summed E-state index contributed by atoms with van der Waals surface area (Å²) in [5.74, 6) is -0.125. The second kappa shape index (κ2) is 19.8. The van der Waals surface area contributed by atoms with Crippen LogP contribution in [0.2, 0.25) is 0 Å². The molecule has 8 heteroatoms. The van der Waals surface area contributed by atoms with Crippen molar-refractivity contribution in [2.45, 2.75) is 20.3 Å². The van der Waals surface area contributed by atoms with E-state index in [-0.39, 0.29) is 36.5 Å². The predicted octanol–water partition coefficient (Wildman–Crippen LogP) is 0.635. The van der Waals surface area contributed by atoms with E-state index in [1.54, 1.807) is 0 Å². The van der Waals surface area contributed by atoms with E-state index in [0.717, 1.165) is 0 Å². The van der Waals surface area contributed by atoms with Crippen LogP contribution in [0.25, 0.3) is 0 Å². The molecule has 1 aliphatic rings. The molecule has 1 aliphatic heterocycles. The van der Waals surface area contributed by atoms with E-state index in [4.69, 9.17) is 23.7 Å². The molecule has 0 amide bonds. The van der Waals surface area contributed by atoms with Gasteiger partial charge < -0.3 is 23.7 Å². The fourth-order valence-electron chi connectivity index (χ4n) is 1.45. The third kappa shape index (κ3) is 24.1. The summed E-state index contributed by atoms with van der Waals surface area (Å²) in [5.41, 5.74) is 0. The third-order valence-electron chi connectivity index (χ3n) is 2.36. The molecule has 0 atom stereocenters. The van der Waals surface area contributed by atoms with Crippen LogP contribution < -0.4 is 0 Å². The first-order valence-electron chi connectivity index (χ1n) is 7.50. The van der Waals surface area contributed by atoms with Gasteiger partial charge in [-0.15, -0.1) is 0 Å². The smallest absolute Gasteiger partial charge is 0.137 e. The van der Waals surface area contributed by atoms with E-state index in [9.17, 15) is 9.59 Å². The van der Waals surface area contributed by atoms with Crippen molar-refractivity contribution in [1.82, 2.24) is 0 Å². The van der Waals surface area contributed by atoms with E-state index in [2.05, 4.69) is 0 Å². The molecule has 0 aliphatic carbocycles. The molecule has 0 aromatic rings. The van der Waals surface area contributed by atoms with Crippen LogP contribution in [-0.4, -0.2) is 77.6 Å². The fraction of sp³-hybridized carbons (Fsp3) is 0.867. The van der Waals surface area contributed by atoms with Gasteiger partial charge in [0.1, 0.15) is 11.6 Å². The first-order chi connectivity index (χ1) is 10.6. The van der Waals surface area contributed by atoms with Crippen LogP contribution in [0.5, 0.6) is 0 Å². The van der Waals surface area contributed by atoms with Gasteiger partial charge in [0, 0.05) is 18.6 Å². The van der Waals surface area contributed by atoms with Crippen molar-refractivity contribution >= 4 is 11.6 Å². The van der Waals surface area contributed by atoms with Gasteiger partial charge in [0.25, 0.3) is 0 Å². The molecule has 1 saturated heterocycles. The Bertz CT molecular complexity index is 216. The average Bonchev–Trinajstić information content (AvgIpc) is 2.45. The summed E-state index contributed by atoms with van der Waals surface area (Å²) in [7, 11) is 0. The van der Waals surface area contributed by atoms with Gasteiger partial charge in [0.15, 0.2) is 0 Å². The first-order valence-corrected chi connectivity index (χ1v) is 7.50. The molecule has 0 saturated carbocycles. The molecule has 0 N–H and O–H groups in total. The molecule has 0 bridgehead atoms. The second-order valence-electron chi connectivity index (χ2n) is 4.64. The van der Waals surface area contributed by atoms with Crippen molar-refractivity contribution in [3.05, 3.63) is 0 Å². The molecule has 0 aromatic carbocycles. The van der Waals surface area contributed by atoms with E-state index in [1.165, 1.54) is 13.8 Å². The molecular weight excluding hydrogens is 343 g/mol. The minimum absolute atomic E-state index is 0. The van der Waals surface area contributed by atoms with Crippen LogP contribution in [0.15, 0.2) is 0 Å². The number of ether oxygens (including phenoxy) is 5. The molecule has 1 fully saturated rings.